The summed E-state index contributed by atoms with van der Waals surface area (Å²) in [5, 5.41) is 0. The maximum absolute atomic E-state index is 11.8. The summed E-state index contributed by atoms with van der Waals surface area (Å²) < 4.78 is 17.0. The molecule has 0 bridgehead atoms. The molecule has 0 aromatic heterocycles. The molecule has 28 heavy (non-hydrogen) atoms. The molecule has 0 saturated carbocycles. The number of benzene rings is 2. The van der Waals surface area contributed by atoms with Gasteiger partial charge in [-0.15, -0.1) is 0 Å². The Hall–Kier alpha value is -2.94. The third-order valence-electron chi connectivity index (χ3n) is 4.49. The second-order valence-electron chi connectivity index (χ2n) is 6.57. The van der Waals surface area contributed by atoms with Crippen molar-refractivity contribution in [3.8, 4) is 11.5 Å². The van der Waals surface area contributed by atoms with Gasteiger partial charge in [0.05, 0.1) is 24.8 Å². The third-order valence-corrected chi connectivity index (χ3v) is 4.49. The lowest BCUT2D eigenvalue weighted by atomic mass is 10.1. The molecule has 144 valence electrons. The van der Waals surface area contributed by atoms with Crippen LogP contribution in [0.3, 0.4) is 0 Å². The Kier molecular flexibility index (Phi) is 6.96. The van der Waals surface area contributed by atoms with Crippen LogP contribution in [-0.2, 0) is 9.47 Å². The van der Waals surface area contributed by atoms with Crippen molar-refractivity contribution in [3.05, 3.63) is 71.1 Å². The van der Waals surface area contributed by atoms with Crippen molar-refractivity contribution >= 4 is 17.5 Å². The molecule has 0 aliphatic carbocycles. The SMILES string of the molecule is [C-]#[N+]c1ccc(C(C)=O)c(Oc2ccc(/C=C/COC3CCOCC3)cc2)c1. The smallest absolute Gasteiger partial charge is 0.190 e. The van der Waals surface area contributed by atoms with Gasteiger partial charge in [-0.1, -0.05) is 36.4 Å². The van der Waals surface area contributed by atoms with Crippen LogP contribution in [0.25, 0.3) is 10.9 Å². The van der Waals surface area contributed by atoms with Crippen molar-refractivity contribution in [1.82, 2.24) is 0 Å². The van der Waals surface area contributed by atoms with E-state index in [-0.39, 0.29) is 11.9 Å². The molecule has 3 rings (SSSR count). The summed E-state index contributed by atoms with van der Waals surface area (Å²) in [5.74, 6) is 0.907. The number of carbonyl (C=O) groups is 1. The fourth-order valence-corrected chi connectivity index (χ4v) is 2.95. The highest BCUT2D eigenvalue weighted by atomic mass is 16.5. The van der Waals surface area contributed by atoms with Gasteiger partial charge in [0.1, 0.15) is 11.5 Å². The van der Waals surface area contributed by atoms with Crippen molar-refractivity contribution in [3.63, 3.8) is 0 Å². The van der Waals surface area contributed by atoms with Gasteiger partial charge >= 0.3 is 0 Å². The first-order valence-electron chi connectivity index (χ1n) is 9.32. The zero-order valence-corrected chi connectivity index (χ0v) is 15.9. The summed E-state index contributed by atoms with van der Waals surface area (Å²) in [7, 11) is 0. The highest BCUT2D eigenvalue weighted by Gasteiger charge is 2.13. The maximum atomic E-state index is 11.8. The van der Waals surface area contributed by atoms with E-state index in [1.165, 1.54) is 6.92 Å². The normalized spacial score (nSPS) is 14.7. The lowest BCUT2D eigenvalue weighted by Gasteiger charge is -2.21. The van der Waals surface area contributed by atoms with E-state index < -0.39 is 0 Å². The van der Waals surface area contributed by atoms with Crippen LogP contribution in [0.1, 0.15) is 35.7 Å². The minimum atomic E-state index is -0.101. The highest BCUT2D eigenvalue weighted by Crippen LogP contribution is 2.30. The van der Waals surface area contributed by atoms with Crippen molar-refractivity contribution in [2.45, 2.75) is 25.9 Å². The standard InChI is InChI=1S/C23H23NO4/c1-17(25)22-10-7-19(24-2)16-23(22)28-21-8-5-18(6-9-21)4-3-13-27-20-11-14-26-15-12-20/h3-10,16,20H,11-15H2,1H3/b4-3+. The summed E-state index contributed by atoms with van der Waals surface area (Å²) in [6.07, 6.45) is 6.20. The Morgan fingerprint density at radius 3 is 2.64 bits per heavy atom. The average Bonchev–Trinajstić information content (AvgIpc) is 2.73. The minimum Gasteiger partial charge on any atom is -0.458 e. The van der Waals surface area contributed by atoms with Gasteiger partial charge in [-0.3, -0.25) is 4.79 Å². The van der Waals surface area contributed by atoms with E-state index in [2.05, 4.69) is 4.85 Å². The molecular weight excluding hydrogens is 354 g/mol. The van der Waals surface area contributed by atoms with Gasteiger partial charge in [-0.2, -0.15) is 0 Å². The molecule has 0 atom stereocenters. The van der Waals surface area contributed by atoms with Gasteiger partial charge in [0.15, 0.2) is 11.5 Å². The summed E-state index contributed by atoms with van der Waals surface area (Å²) in [5.41, 5.74) is 1.93. The van der Waals surface area contributed by atoms with Gasteiger partial charge in [0.25, 0.3) is 0 Å². The molecular formula is C23H23NO4. The van der Waals surface area contributed by atoms with Crippen LogP contribution in [0, 0.1) is 6.57 Å². The molecule has 5 nitrogen and oxygen atoms in total. The van der Waals surface area contributed by atoms with E-state index in [0.717, 1.165) is 31.6 Å². The molecule has 1 aliphatic rings. The largest absolute Gasteiger partial charge is 0.458 e. The van der Waals surface area contributed by atoms with Gasteiger partial charge in [0.2, 0.25) is 0 Å². The molecule has 1 aliphatic heterocycles. The van der Waals surface area contributed by atoms with Crippen LogP contribution >= 0.6 is 0 Å². The zero-order valence-electron chi connectivity index (χ0n) is 15.9. The molecule has 1 heterocycles. The van der Waals surface area contributed by atoms with Crippen LogP contribution < -0.4 is 4.74 Å². The molecule has 2 aromatic carbocycles. The second-order valence-corrected chi connectivity index (χ2v) is 6.57. The lowest BCUT2D eigenvalue weighted by molar-refractivity contribution is -0.0220. The summed E-state index contributed by atoms with van der Waals surface area (Å²) >= 11 is 0. The number of ketones is 1. The van der Waals surface area contributed by atoms with Crippen molar-refractivity contribution in [2.75, 3.05) is 19.8 Å². The molecule has 5 heteroatoms. The first kappa shape index (κ1) is 19.8. The lowest BCUT2D eigenvalue weighted by Crippen LogP contribution is -2.23. The first-order valence-corrected chi connectivity index (χ1v) is 9.32. The van der Waals surface area contributed by atoms with E-state index in [1.54, 1.807) is 18.2 Å². The predicted octanol–water partition coefficient (Wildman–Crippen LogP) is 5.44. The first-order chi connectivity index (χ1) is 13.7. The monoisotopic (exact) mass is 377 g/mol. The number of Topliss-reactive ketones (excluding diaryl/α,β-unsaturated/α-hetero) is 1. The summed E-state index contributed by atoms with van der Waals surface area (Å²) in [6.45, 7) is 10.7. The molecule has 0 unspecified atom stereocenters. The van der Waals surface area contributed by atoms with Gasteiger partial charge < -0.3 is 14.2 Å². The molecule has 0 spiro atoms. The van der Waals surface area contributed by atoms with Gasteiger partial charge in [0, 0.05) is 13.2 Å². The molecule has 2 aromatic rings. The topological polar surface area (TPSA) is 49.1 Å². The van der Waals surface area contributed by atoms with Crippen molar-refractivity contribution in [2.24, 2.45) is 0 Å². The third kappa shape index (κ3) is 5.53. The summed E-state index contributed by atoms with van der Waals surface area (Å²) in [6, 6.07) is 12.4. The number of hydrogen-bond acceptors (Lipinski definition) is 4. The molecule has 1 fully saturated rings. The number of rotatable bonds is 7. The Bertz CT molecular complexity index is 874. The van der Waals surface area contributed by atoms with Gasteiger partial charge in [-0.05, 0) is 43.5 Å². The Morgan fingerprint density at radius 1 is 1.21 bits per heavy atom. The van der Waals surface area contributed by atoms with Crippen molar-refractivity contribution < 1.29 is 19.0 Å². The van der Waals surface area contributed by atoms with E-state index in [1.807, 2.05) is 36.4 Å². The van der Waals surface area contributed by atoms with E-state index in [0.29, 0.717) is 29.4 Å². The van der Waals surface area contributed by atoms with Gasteiger partial charge in [-0.25, -0.2) is 4.85 Å². The quantitative estimate of drug-likeness (QED) is 0.476. The Balaban J connectivity index is 1.59. The molecule has 1 saturated heterocycles. The average molecular weight is 377 g/mol. The van der Waals surface area contributed by atoms with Crippen LogP contribution in [-0.4, -0.2) is 31.7 Å². The zero-order chi connectivity index (χ0) is 19.8. The molecule has 0 radical (unpaired) electrons. The Morgan fingerprint density at radius 2 is 1.96 bits per heavy atom. The number of carbonyl (C=O) groups excluding carboxylic acids is 1. The molecule has 0 amide bonds. The molecule has 0 N–H and O–H groups in total. The van der Waals surface area contributed by atoms with E-state index in [9.17, 15) is 4.79 Å². The van der Waals surface area contributed by atoms with Crippen molar-refractivity contribution in [1.29, 1.82) is 0 Å². The van der Waals surface area contributed by atoms with Crippen LogP contribution in [0.5, 0.6) is 11.5 Å². The number of nitrogens with zero attached hydrogens (tertiary/aromatic N) is 1. The Labute approximate surface area is 165 Å². The van der Waals surface area contributed by atoms with Crippen LogP contribution in [0.15, 0.2) is 48.5 Å². The van der Waals surface area contributed by atoms with E-state index in [4.69, 9.17) is 20.8 Å². The fourth-order valence-electron chi connectivity index (χ4n) is 2.95. The van der Waals surface area contributed by atoms with E-state index >= 15 is 0 Å². The fraction of sp³-hybridized carbons (Fsp3) is 0.304. The second kappa shape index (κ2) is 9.84. The minimum absolute atomic E-state index is 0.101. The number of ether oxygens (including phenoxy) is 3. The maximum Gasteiger partial charge on any atom is 0.190 e. The highest BCUT2D eigenvalue weighted by molar-refractivity contribution is 5.97. The van der Waals surface area contributed by atoms with Crippen LogP contribution in [0.4, 0.5) is 5.69 Å². The predicted molar refractivity (Wildman–Crippen MR) is 108 cm³/mol. The van der Waals surface area contributed by atoms with Crippen LogP contribution in [0.2, 0.25) is 0 Å². The number of hydrogen-bond donors (Lipinski definition) is 0. The summed E-state index contributed by atoms with van der Waals surface area (Å²) in [4.78, 5) is 15.2.